The summed E-state index contributed by atoms with van der Waals surface area (Å²) in [6, 6.07) is 13.2. The molecular formula is C21H22FN7O2. The first kappa shape index (κ1) is 21.7. The second-order valence-corrected chi connectivity index (χ2v) is 6.31. The maximum Gasteiger partial charge on any atom is 0.279 e. The fourth-order valence-electron chi connectivity index (χ4n) is 2.65. The van der Waals surface area contributed by atoms with E-state index in [1.165, 1.54) is 23.4 Å². The number of hydrazine groups is 1. The molecule has 0 aliphatic rings. The van der Waals surface area contributed by atoms with Crippen LogP contribution in [0.4, 0.5) is 33.2 Å². The molecular weight excluding hydrogens is 401 g/mol. The Bertz CT molecular complexity index is 1090. The zero-order valence-electron chi connectivity index (χ0n) is 17.0. The van der Waals surface area contributed by atoms with Crippen LogP contribution in [0.15, 0.2) is 59.7 Å². The number of aromatic hydroxyl groups is 1. The molecule has 1 amide bonds. The molecule has 2 aromatic carbocycles. The van der Waals surface area contributed by atoms with Crippen molar-refractivity contribution in [3.05, 3.63) is 60.5 Å². The lowest BCUT2D eigenvalue weighted by atomic mass is 10.3. The predicted molar refractivity (Wildman–Crippen MR) is 118 cm³/mol. The number of halogens is 1. The maximum atomic E-state index is 14.1. The van der Waals surface area contributed by atoms with Crippen molar-refractivity contribution in [2.45, 2.75) is 6.92 Å². The van der Waals surface area contributed by atoms with Gasteiger partial charge in [-0.2, -0.15) is 4.98 Å². The summed E-state index contributed by atoms with van der Waals surface area (Å²) in [5.74, 6) is -0.753. The van der Waals surface area contributed by atoms with E-state index in [4.69, 9.17) is 0 Å². The monoisotopic (exact) mass is 423 g/mol. The number of aliphatic imine (C=N–C) groups is 1. The lowest BCUT2D eigenvalue weighted by molar-refractivity contribution is -0.125. The Hall–Kier alpha value is -4.05. The molecule has 0 saturated heterocycles. The van der Waals surface area contributed by atoms with E-state index in [0.717, 1.165) is 6.20 Å². The lowest BCUT2D eigenvalue weighted by Gasteiger charge is -2.16. The summed E-state index contributed by atoms with van der Waals surface area (Å²) in [5, 5.41) is 16.8. The van der Waals surface area contributed by atoms with Crippen LogP contribution in [0.5, 0.6) is 5.75 Å². The van der Waals surface area contributed by atoms with Crippen molar-refractivity contribution < 1.29 is 14.3 Å². The van der Waals surface area contributed by atoms with Gasteiger partial charge in [0.15, 0.2) is 11.6 Å². The first-order valence-electron chi connectivity index (χ1n) is 9.47. The van der Waals surface area contributed by atoms with E-state index in [1.54, 1.807) is 43.4 Å². The largest absolute Gasteiger partial charge is 0.508 e. The van der Waals surface area contributed by atoms with Gasteiger partial charge in [0.05, 0.1) is 18.1 Å². The average molecular weight is 423 g/mol. The summed E-state index contributed by atoms with van der Waals surface area (Å²) >= 11 is 0. The molecule has 0 saturated carbocycles. The number of phenols is 1. The molecule has 0 atom stereocenters. The number of phenolic OH excluding ortho intramolecular Hbond substituents is 1. The number of carbonyl (C=O) groups excluding carboxylic acids is 1. The molecule has 4 N–H and O–H groups in total. The van der Waals surface area contributed by atoms with E-state index >= 15 is 0 Å². The Morgan fingerprint density at radius 3 is 2.65 bits per heavy atom. The number of hydrogen-bond acceptors (Lipinski definition) is 8. The molecule has 0 bridgehead atoms. The van der Waals surface area contributed by atoms with Gasteiger partial charge in [-0.25, -0.2) is 14.8 Å². The first-order valence-corrected chi connectivity index (χ1v) is 9.47. The van der Waals surface area contributed by atoms with Crippen LogP contribution in [0.1, 0.15) is 6.92 Å². The van der Waals surface area contributed by atoms with Crippen molar-refractivity contribution in [2.75, 3.05) is 24.2 Å². The Balaban J connectivity index is 1.74. The summed E-state index contributed by atoms with van der Waals surface area (Å²) < 4.78 is 14.1. The van der Waals surface area contributed by atoms with Crippen molar-refractivity contribution in [3.63, 3.8) is 0 Å². The predicted octanol–water partition coefficient (Wildman–Crippen LogP) is 3.49. The van der Waals surface area contributed by atoms with Gasteiger partial charge in [0.25, 0.3) is 5.91 Å². The number of nitrogens with zero attached hydrogens (tertiary/aromatic N) is 4. The molecule has 160 valence electrons. The maximum absolute atomic E-state index is 14.1. The summed E-state index contributed by atoms with van der Waals surface area (Å²) in [5.41, 5.74) is 4.41. The minimum Gasteiger partial charge on any atom is -0.508 e. The quantitative estimate of drug-likeness (QED) is 0.324. The zero-order chi connectivity index (χ0) is 22.2. The summed E-state index contributed by atoms with van der Waals surface area (Å²) in [7, 11) is 1.66. The highest BCUT2D eigenvalue weighted by Gasteiger charge is 2.09. The molecule has 3 aromatic rings. The number of rotatable bonds is 8. The minimum absolute atomic E-state index is 0.0467. The van der Waals surface area contributed by atoms with Crippen LogP contribution < -0.4 is 16.1 Å². The number of anilines is 4. The van der Waals surface area contributed by atoms with Crippen LogP contribution in [0.2, 0.25) is 0 Å². The molecule has 9 nitrogen and oxygen atoms in total. The molecule has 0 aliphatic heterocycles. The highest BCUT2D eigenvalue weighted by Crippen LogP contribution is 2.24. The van der Waals surface area contributed by atoms with E-state index in [9.17, 15) is 14.3 Å². The van der Waals surface area contributed by atoms with Crippen LogP contribution >= 0.6 is 0 Å². The van der Waals surface area contributed by atoms with Gasteiger partial charge in [0.1, 0.15) is 5.75 Å². The third-order valence-corrected chi connectivity index (χ3v) is 4.13. The number of amides is 1. The Labute approximate surface area is 178 Å². The summed E-state index contributed by atoms with van der Waals surface area (Å²) in [4.78, 5) is 24.3. The van der Waals surface area contributed by atoms with Gasteiger partial charge in [0.2, 0.25) is 5.95 Å². The normalized spacial score (nSPS) is 10.8. The van der Waals surface area contributed by atoms with Gasteiger partial charge in [-0.1, -0.05) is 12.1 Å². The zero-order valence-corrected chi connectivity index (χ0v) is 17.0. The highest BCUT2D eigenvalue weighted by molar-refractivity contribution is 6.26. The molecule has 1 aromatic heterocycles. The molecule has 0 spiro atoms. The van der Waals surface area contributed by atoms with Gasteiger partial charge >= 0.3 is 0 Å². The van der Waals surface area contributed by atoms with E-state index < -0.39 is 5.82 Å². The number of benzene rings is 2. The number of hydrogen-bond donors (Lipinski definition) is 4. The summed E-state index contributed by atoms with van der Waals surface area (Å²) in [6.07, 6.45) is 2.27. The Kier molecular flexibility index (Phi) is 7.07. The molecule has 10 heteroatoms. The average Bonchev–Trinajstić information content (AvgIpc) is 2.76. The van der Waals surface area contributed by atoms with Gasteiger partial charge in [0, 0.05) is 31.0 Å². The van der Waals surface area contributed by atoms with Gasteiger partial charge in [-0.15, -0.1) is 0 Å². The van der Waals surface area contributed by atoms with E-state index in [2.05, 4.69) is 31.0 Å². The van der Waals surface area contributed by atoms with Crippen molar-refractivity contribution >= 4 is 41.0 Å². The smallest absolute Gasteiger partial charge is 0.279 e. The highest BCUT2D eigenvalue weighted by atomic mass is 19.1. The van der Waals surface area contributed by atoms with Crippen molar-refractivity contribution in [2.24, 2.45) is 4.99 Å². The fraction of sp³-hybridized carbons (Fsp3) is 0.143. The number of aromatic nitrogens is 2. The van der Waals surface area contributed by atoms with Crippen molar-refractivity contribution in [1.29, 1.82) is 0 Å². The van der Waals surface area contributed by atoms with Gasteiger partial charge < -0.3 is 15.7 Å². The van der Waals surface area contributed by atoms with Crippen LogP contribution in [0, 0.1) is 5.82 Å². The molecule has 3 rings (SSSR count). The molecule has 1 heterocycles. The minimum atomic E-state index is -0.643. The number of nitrogens with one attached hydrogen (secondary N) is 3. The van der Waals surface area contributed by atoms with Gasteiger partial charge in [-0.05, 0) is 37.3 Å². The van der Waals surface area contributed by atoms with Crippen molar-refractivity contribution in [3.8, 4) is 5.75 Å². The van der Waals surface area contributed by atoms with Gasteiger partial charge in [-0.3, -0.25) is 14.8 Å². The Morgan fingerprint density at radius 2 is 1.94 bits per heavy atom. The van der Waals surface area contributed by atoms with E-state index in [1.807, 2.05) is 6.92 Å². The third kappa shape index (κ3) is 5.97. The van der Waals surface area contributed by atoms with Crippen LogP contribution in [-0.2, 0) is 4.79 Å². The molecule has 0 fully saturated rings. The van der Waals surface area contributed by atoms with E-state index in [-0.39, 0.29) is 23.4 Å². The van der Waals surface area contributed by atoms with Crippen LogP contribution in [0.25, 0.3) is 0 Å². The third-order valence-electron chi connectivity index (χ3n) is 4.13. The lowest BCUT2D eigenvalue weighted by Crippen LogP contribution is -2.40. The van der Waals surface area contributed by atoms with E-state index in [0.29, 0.717) is 23.6 Å². The van der Waals surface area contributed by atoms with Crippen LogP contribution in [0.3, 0.4) is 0 Å². The topological polar surface area (TPSA) is 115 Å². The molecule has 0 radical (unpaired) electrons. The molecule has 0 unspecified atom stereocenters. The fourth-order valence-corrected chi connectivity index (χ4v) is 2.65. The second kappa shape index (κ2) is 10.1. The number of carbonyl (C=O) groups is 1. The standard InChI is InChI=1S/C21H22FN7O2/c1-3-29(23-2)19(31)13-24-14-6-4-7-15(10-14)27-21-25-12-18(22)20(28-21)26-16-8-5-9-17(30)11-16/h4-13,23,30H,3H2,1-2H3,(H2,25,26,27,28). The first-order chi connectivity index (χ1) is 15.0. The Morgan fingerprint density at radius 1 is 1.19 bits per heavy atom. The second-order valence-electron chi connectivity index (χ2n) is 6.31. The van der Waals surface area contributed by atoms with Crippen LogP contribution in [-0.4, -0.2) is 45.8 Å². The summed E-state index contributed by atoms with van der Waals surface area (Å²) in [6.45, 7) is 2.35. The van der Waals surface area contributed by atoms with Crippen molar-refractivity contribution in [1.82, 2.24) is 20.4 Å². The molecule has 31 heavy (non-hydrogen) atoms. The molecule has 0 aliphatic carbocycles. The SMILES string of the molecule is CCN(NC)C(=O)C=Nc1cccc(Nc2ncc(F)c(Nc3cccc(O)c3)n2)c1.